The Hall–Kier alpha value is -2.88. The van der Waals surface area contributed by atoms with Gasteiger partial charge in [-0.2, -0.15) is 4.98 Å². The third-order valence-electron chi connectivity index (χ3n) is 4.29. The van der Waals surface area contributed by atoms with Crippen molar-refractivity contribution in [2.75, 3.05) is 18.0 Å². The Kier molecular flexibility index (Phi) is 3.45. The lowest BCUT2D eigenvalue weighted by Gasteiger charge is -2.12. The van der Waals surface area contributed by atoms with Gasteiger partial charge < -0.3 is 9.47 Å². The Bertz CT molecular complexity index is 925. The molecule has 4 heterocycles. The molecule has 7 nitrogen and oxygen atoms in total. The summed E-state index contributed by atoms with van der Waals surface area (Å²) in [7, 11) is 1.96. The second-order valence-electron chi connectivity index (χ2n) is 6.13. The van der Waals surface area contributed by atoms with Gasteiger partial charge in [0.1, 0.15) is 5.82 Å². The van der Waals surface area contributed by atoms with E-state index in [0.29, 0.717) is 5.82 Å². The van der Waals surface area contributed by atoms with Crippen LogP contribution in [0.5, 0.6) is 0 Å². The van der Waals surface area contributed by atoms with E-state index in [4.69, 9.17) is 0 Å². The van der Waals surface area contributed by atoms with Gasteiger partial charge in [-0.15, -0.1) is 5.10 Å². The lowest BCUT2D eigenvalue weighted by Crippen LogP contribution is -2.17. The van der Waals surface area contributed by atoms with Crippen LogP contribution in [0.4, 0.5) is 5.82 Å². The number of rotatable bonds is 1. The zero-order valence-electron chi connectivity index (χ0n) is 14.1. The zero-order chi connectivity index (χ0) is 16.7. The molecule has 0 spiro atoms. The highest BCUT2D eigenvalue weighted by atomic mass is 15.3. The molecule has 0 aromatic carbocycles. The topological polar surface area (TPSA) is 64.1 Å². The smallest absolute Gasteiger partial charge is 0.226 e. The average molecular weight is 321 g/mol. The van der Waals surface area contributed by atoms with Crippen LogP contribution in [0, 0.1) is 25.7 Å². The zero-order valence-corrected chi connectivity index (χ0v) is 14.1. The molecule has 0 aliphatic carbocycles. The third-order valence-corrected chi connectivity index (χ3v) is 4.29. The van der Waals surface area contributed by atoms with Crippen molar-refractivity contribution in [1.29, 1.82) is 0 Å². The molecule has 1 aliphatic heterocycles. The van der Waals surface area contributed by atoms with Crippen LogP contribution in [0.1, 0.15) is 35.9 Å². The van der Waals surface area contributed by atoms with Crippen LogP contribution in [-0.4, -0.2) is 42.2 Å². The van der Waals surface area contributed by atoms with Crippen molar-refractivity contribution in [3.05, 3.63) is 35.4 Å². The van der Waals surface area contributed by atoms with Gasteiger partial charge in [0, 0.05) is 32.5 Å². The highest BCUT2D eigenvalue weighted by Crippen LogP contribution is 2.18. The van der Waals surface area contributed by atoms with E-state index in [9.17, 15) is 0 Å². The first-order valence-electron chi connectivity index (χ1n) is 8.11. The van der Waals surface area contributed by atoms with E-state index in [1.165, 1.54) is 12.8 Å². The number of aryl methyl sites for hydroxylation is 3. The van der Waals surface area contributed by atoms with Crippen LogP contribution in [0.3, 0.4) is 0 Å². The first-order chi connectivity index (χ1) is 11.6. The fourth-order valence-electron chi connectivity index (χ4n) is 2.92. The fourth-order valence-corrected chi connectivity index (χ4v) is 2.92. The summed E-state index contributed by atoms with van der Waals surface area (Å²) in [6, 6.07) is 0. The molecule has 3 aromatic rings. The molecule has 0 N–H and O–H groups in total. The Balaban J connectivity index is 1.67. The van der Waals surface area contributed by atoms with Crippen LogP contribution < -0.4 is 4.90 Å². The van der Waals surface area contributed by atoms with Gasteiger partial charge in [-0.3, -0.25) is 4.98 Å². The summed E-state index contributed by atoms with van der Waals surface area (Å²) >= 11 is 0. The first-order valence-corrected chi connectivity index (χ1v) is 8.11. The van der Waals surface area contributed by atoms with Crippen molar-refractivity contribution in [3.63, 3.8) is 0 Å². The van der Waals surface area contributed by atoms with Crippen molar-refractivity contribution in [3.8, 4) is 11.8 Å². The summed E-state index contributed by atoms with van der Waals surface area (Å²) in [6.45, 7) is 6.01. The fraction of sp³-hybridized carbons (Fsp3) is 0.412. The molecule has 1 fully saturated rings. The van der Waals surface area contributed by atoms with Crippen LogP contribution in [0.25, 0.3) is 5.65 Å². The number of hydrogen-bond donors (Lipinski definition) is 0. The maximum absolute atomic E-state index is 4.64. The van der Waals surface area contributed by atoms with Crippen molar-refractivity contribution >= 4 is 11.5 Å². The van der Waals surface area contributed by atoms with Crippen LogP contribution >= 0.6 is 0 Å². The third kappa shape index (κ3) is 2.50. The van der Waals surface area contributed by atoms with Gasteiger partial charge in [-0.25, -0.2) is 9.50 Å². The van der Waals surface area contributed by atoms with Crippen LogP contribution in [0.2, 0.25) is 0 Å². The van der Waals surface area contributed by atoms with E-state index >= 15 is 0 Å². The minimum absolute atomic E-state index is 0.486. The number of imidazole rings is 1. The molecule has 1 aliphatic rings. The minimum Gasteiger partial charge on any atom is -0.355 e. The van der Waals surface area contributed by atoms with Crippen molar-refractivity contribution < 1.29 is 0 Å². The molecule has 24 heavy (non-hydrogen) atoms. The van der Waals surface area contributed by atoms with Gasteiger partial charge in [0.25, 0.3) is 0 Å². The molecule has 4 rings (SSSR count). The molecule has 7 heteroatoms. The van der Waals surface area contributed by atoms with E-state index in [1.807, 2.05) is 31.7 Å². The second kappa shape index (κ2) is 5.64. The molecule has 0 atom stereocenters. The van der Waals surface area contributed by atoms with Crippen molar-refractivity contribution in [2.45, 2.75) is 26.7 Å². The molecule has 0 amide bonds. The van der Waals surface area contributed by atoms with Crippen molar-refractivity contribution in [1.82, 2.24) is 29.1 Å². The molecule has 122 valence electrons. The molecular formula is C17H19N7. The summed E-state index contributed by atoms with van der Waals surface area (Å²) in [4.78, 5) is 15.7. The highest BCUT2D eigenvalue weighted by Gasteiger charge is 2.15. The Morgan fingerprint density at radius 2 is 1.88 bits per heavy atom. The van der Waals surface area contributed by atoms with Gasteiger partial charge in [-0.1, -0.05) is 0 Å². The quantitative estimate of drug-likeness (QED) is 0.635. The average Bonchev–Trinajstić information content (AvgIpc) is 3.28. The summed E-state index contributed by atoms with van der Waals surface area (Å²) in [5.41, 5.74) is 2.52. The number of aromatic nitrogens is 6. The molecular weight excluding hydrogens is 302 g/mol. The van der Waals surface area contributed by atoms with Crippen molar-refractivity contribution in [2.24, 2.45) is 7.05 Å². The second-order valence-corrected chi connectivity index (χ2v) is 6.13. The normalized spacial score (nSPS) is 14.2. The monoisotopic (exact) mass is 321 g/mol. The van der Waals surface area contributed by atoms with E-state index < -0.39 is 0 Å². The number of nitrogens with zero attached hydrogens (tertiary/aromatic N) is 7. The molecule has 0 unspecified atom stereocenters. The van der Waals surface area contributed by atoms with E-state index in [2.05, 4.69) is 36.8 Å². The van der Waals surface area contributed by atoms with E-state index in [1.54, 1.807) is 10.7 Å². The maximum atomic E-state index is 4.64. The standard InChI is InChI=1S/C17H19N7/c1-12-10-18-13(2)17-19-14(21-24(12)17)6-7-15-20-16(11-22(15)3)23-8-4-5-9-23/h10-11H,4-5,8-9H2,1-3H3. The van der Waals surface area contributed by atoms with Crippen LogP contribution in [0.15, 0.2) is 12.4 Å². The number of anilines is 1. The number of fused-ring (bicyclic) bond motifs is 1. The SMILES string of the molecule is Cc1ncc(C)n2nc(C#Cc3nc(N4CCCC4)cn3C)nc12. The molecule has 1 saturated heterocycles. The van der Waals surface area contributed by atoms with Gasteiger partial charge in [0.15, 0.2) is 11.5 Å². The van der Waals surface area contributed by atoms with Gasteiger partial charge in [0.05, 0.1) is 11.4 Å². The molecule has 0 bridgehead atoms. The minimum atomic E-state index is 0.486. The molecule has 0 saturated carbocycles. The lowest BCUT2D eigenvalue weighted by atomic mass is 10.4. The Morgan fingerprint density at radius 1 is 1.08 bits per heavy atom. The Labute approximate surface area is 140 Å². The largest absolute Gasteiger partial charge is 0.355 e. The van der Waals surface area contributed by atoms with E-state index in [-0.39, 0.29) is 0 Å². The summed E-state index contributed by atoms with van der Waals surface area (Å²) in [6.07, 6.45) is 6.28. The van der Waals surface area contributed by atoms with E-state index in [0.717, 1.165) is 41.8 Å². The molecule has 0 radical (unpaired) electrons. The predicted octanol–water partition coefficient (Wildman–Crippen LogP) is 1.47. The molecule has 3 aromatic heterocycles. The Morgan fingerprint density at radius 3 is 2.62 bits per heavy atom. The van der Waals surface area contributed by atoms with Crippen LogP contribution in [-0.2, 0) is 7.05 Å². The number of hydrogen-bond acceptors (Lipinski definition) is 5. The van der Waals surface area contributed by atoms with Gasteiger partial charge in [0.2, 0.25) is 5.82 Å². The van der Waals surface area contributed by atoms with Gasteiger partial charge in [-0.05, 0) is 38.5 Å². The van der Waals surface area contributed by atoms with Gasteiger partial charge >= 0.3 is 0 Å². The maximum Gasteiger partial charge on any atom is 0.226 e. The highest BCUT2D eigenvalue weighted by molar-refractivity contribution is 5.47. The summed E-state index contributed by atoms with van der Waals surface area (Å²) in [5, 5.41) is 4.45. The predicted molar refractivity (Wildman–Crippen MR) is 90.9 cm³/mol. The summed E-state index contributed by atoms with van der Waals surface area (Å²) < 4.78 is 3.73. The summed E-state index contributed by atoms with van der Waals surface area (Å²) in [5.74, 6) is 8.33. The first kappa shape index (κ1) is 14.7. The lowest BCUT2D eigenvalue weighted by molar-refractivity contribution is 0.881.